The molecule has 1 aromatic heterocycles. The van der Waals surface area contributed by atoms with Crippen LogP contribution < -0.4 is 5.32 Å². The zero-order chi connectivity index (χ0) is 15.5. The lowest BCUT2D eigenvalue weighted by molar-refractivity contribution is -0.117. The first-order valence-corrected chi connectivity index (χ1v) is 8.73. The highest BCUT2D eigenvalue weighted by Gasteiger charge is 2.28. The van der Waals surface area contributed by atoms with Crippen molar-refractivity contribution in [2.45, 2.75) is 25.8 Å². The number of nitrogens with one attached hydrogen (secondary N) is 1. The van der Waals surface area contributed by atoms with Crippen molar-refractivity contribution in [3.05, 3.63) is 51.2 Å². The Balaban J connectivity index is 1.65. The van der Waals surface area contributed by atoms with Crippen molar-refractivity contribution >= 4 is 34.5 Å². The predicted octanol–water partition coefficient (Wildman–Crippen LogP) is 4.49. The first-order valence-electron chi connectivity index (χ1n) is 7.47. The molecule has 1 amide bonds. The fraction of sp³-hybridized carbons (Fsp3) is 0.353. The van der Waals surface area contributed by atoms with E-state index in [1.807, 2.05) is 25.1 Å². The van der Waals surface area contributed by atoms with Crippen LogP contribution >= 0.6 is 22.9 Å². The smallest absolute Gasteiger partial charge is 0.238 e. The number of thiophene rings is 1. The van der Waals surface area contributed by atoms with Crippen LogP contribution in [0, 0.1) is 6.92 Å². The standard InChI is InChI=1S/C17H19ClN2OS/c1-12-13(18)5-2-6-14(12)19-17(21)11-20-9-3-7-15(20)16-8-4-10-22-16/h2,4-6,8,10,15H,3,7,9,11H2,1H3,(H,19,21). The minimum atomic E-state index is 0.0221. The van der Waals surface area contributed by atoms with Gasteiger partial charge in [-0.05, 0) is 55.5 Å². The Hall–Kier alpha value is -1.36. The first-order chi connectivity index (χ1) is 10.6. The molecule has 1 aliphatic heterocycles. The van der Waals surface area contributed by atoms with Gasteiger partial charge >= 0.3 is 0 Å². The molecule has 1 aromatic carbocycles. The zero-order valence-electron chi connectivity index (χ0n) is 12.5. The number of anilines is 1. The third-order valence-corrected chi connectivity index (χ3v) is 5.51. The van der Waals surface area contributed by atoms with Gasteiger partial charge in [0.2, 0.25) is 5.91 Å². The van der Waals surface area contributed by atoms with Gasteiger partial charge in [0.25, 0.3) is 0 Å². The average Bonchev–Trinajstić information content (AvgIpc) is 3.14. The quantitative estimate of drug-likeness (QED) is 0.893. The molecule has 1 fully saturated rings. The maximum atomic E-state index is 12.4. The summed E-state index contributed by atoms with van der Waals surface area (Å²) in [6, 6.07) is 10.2. The predicted molar refractivity (Wildman–Crippen MR) is 92.7 cm³/mol. The van der Waals surface area contributed by atoms with Crippen molar-refractivity contribution in [3.8, 4) is 0 Å². The molecule has 0 radical (unpaired) electrons. The SMILES string of the molecule is Cc1c(Cl)cccc1NC(=O)CN1CCCC1c1cccs1. The van der Waals surface area contributed by atoms with Gasteiger partial charge in [-0.1, -0.05) is 23.7 Å². The lowest BCUT2D eigenvalue weighted by Crippen LogP contribution is -2.32. The third kappa shape index (κ3) is 3.35. The second-order valence-corrected chi connectivity index (χ2v) is 6.99. The maximum absolute atomic E-state index is 12.4. The molecule has 3 rings (SSSR count). The minimum absolute atomic E-state index is 0.0221. The van der Waals surface area contributed by atoms with Crippen molar-refractivity contribution in [3.63, 3.8) is 0 Å². The van der Waals surface area contributed by atoms with Crippen LogP contribution in [-0.2, 0) is 4.79 Å². The summed E-state index contributed by atoms with van der Waals surface area (Å²) in [7, 11) is 0. The van der Waals surface area contributed by atoms with Crippen LogP contribution in [0.2, 0.25) is 5.02 Å². The fourth-order valence-electron chi connectivity index (χ4n) is 2.94. The summed E-state index contributed by atoms with van der Waals surface area (Å²) < 4.78 is 0. The van der Waals surface area contributed by atoms with E-state index in [1.54, 1.807) is 11.3 Å². The lowest BCUT2D eigenvalue weighted by atomic mass is 10.2. The van der Waals surface area contributed by atoms with Crippen molar-refractivity contribution in [2.75, 3.05) is 18.4 Å². The van der Waals surface area contributed by atoms with E-state index in [-0.39, 0.29) is 5.91 Å². The summed E-state index contributed by atoms with van der Waals surface area (Å²) in [6.07, 6.45) is 2.27. The van der Waals surface area contributed by atoms with Gasteiger partial charge in [-0.2, -0.15) is 0 Å². The molecule has 22 heavy (non-hydrogen) atoms. The van der Waals surface area contributed by atoms with Gasteiger partial charge in [-0.15, -0.1) is 11.3 Å². The molecule has 0 saturated carbocycles. The number of benzene rings is 1. The Morgan fingerprint density at radius 2 is 2.27 bits per heavy atom. The lowest BCUT2D eigenvalue weighted by Gasteiger charge is -2.23. The summed E-state index contributed by atoms with van der Waals surface area (Å²) in [5.41, 5.74) is 1.71. The summed E-state index contributed by atoms with van der Waals surface area (Å²) in [4.78, 5) is 16.0. The van der Waals surface area contributed by atoms with E-state index in [0.717, 1.165) is 30.6 Å². The highest BCUT2D eigenvalue weighted by atomic mass is 35.5. The molecule has 1 unspecified atom stereocenters. The van der Waals surface area contributed by atoms with E-state index in [4.69, 9.17) is 11.6 Å². The number of rotatable bonds is 4. The van der Waals surface area contributed by atoms with Crippen LogP contribution in [0.1, 0.15) is 29.3 Å². The summed E-state index contributed by atoms with van der Waals surface area (Å²) in [6.45, 7) is 3.32. The summed E-state index contributed by atoms with van der Waals surface area (Å²) >= 11 is 7.87. The second-order valence-electron chi connectivity index (χ2n) is 5.60. The van der Waals surface area contributed by atoms with Gasteiger partial charge in [0, 0.05) is 21.6 Å². The largest absolute Gasteiger partial charge is 0.325 e. The molecule has 3 nitrogen and oxygen atoms in total. The van der Waals surface area contributed by atoms with E-state index in [1.165, 1.54) is 4.88 Å². The van der Waals surface area contributed by atoms with Crippen LogP contribution in [0.15, 0.2) is 35.7 Å². The van der Waals surface area contributed by atoms with Gasteiger partial charge in [-0.3, -0.25) is 9.69 Å². The Labute approximate surface area is 139 Å². The van der Waals surface area contributed by atoms with Crippen LogP contribution in [-0.4, -0.2) is 23.9 Å². The van der Waals surface area contributed by atoms with Gasteiger partial charge in [0.15, 0.2) is 0 Å². The summed E-state index contributed by atoms with van der Waals surface area (Å²) in [5, 5.41) is 5.76. The van der Waals surface area contributed by atoms with Crippen LogP contribution in [0.3, 0.4) is 0 Å². The maximum Gasteiger partial charge on any atom is 0.238 e. The molecule has 1 atom stereocenters. The number of carbonyl (C=O) groups is 1. The number of halogens is 1. The minimum Gasteiger partial charge on any atom is -0.325 e. The van der Waals surface area contributed by atoms with Crippen molar-refractivity contribution in [1.82, 2.24) is 4.90 Å². The van der Waals surface area contributed by atoms with Crippen molar-refractivity contribution in [1.29, 1.82) is 0 Å². The molecular formula is C17H19ClN2OS. The Morgan fingerprint density at radius 1 is 1.41 bits per heavy atom. The molecular weight excluding hydrogens is 316 g/mol. The second kappa shape index (κ2) is 6.82. The Morgan fingerprint density at radius 3 is 3.05 bits per heavy atom. The third-order valence-electron chi connectivity index (χ3n) is 4.12. The molecule has 5 heteroatoms. The normalized spacial score (nSPS) is 18.5. The molecule has 0 bridgehead atoms. The van der Waals surface area contributed by atoms with Crippen molar-refractivity contribution in [2.24, 2.45) is 0 Å². The van der Waals surface area contributed by atoms with E-state index in [2.05, 4.69) is 27.7 Å². The van der Waals surface area contributed by atoms with Gasteiger partial charge in [0.05, 0.1) is 6.54 Å². The molecule has 0 aliphatic carbocycles. The van der Waals surface area contributed by atoms with E-state index in [0.29, 0.717) is 17.6 Å². The highest BCUT2D eigenvalue weighted by Crippen LogP contribution is 2.34. The molecule has 2 heterocycles. The number of hydrogen-bond acceptors (Lipinski definition) is 3. The van der Waals surface area contributed by atoms with E-state index >= 15 is 0 Å². The highest BCUT2D eigenvalue weighted by molar-refractivity contribution is 7.10. The van der Waals surface area contributed by atoms with Crippen molar-refractivity contribution < 1.29 is 4.79 Å². The molecule has 116 valence electrons. The molecule has 1 saturated heterocycles. The van der Waals surface area contributed by atoms with E-state index in [9.17, 15) is 4.79 Å². The number of carbonyl (C=O) groups excluding carboxylic acids is 1. The Kier molecular flexibility index (Phi) is 4.81. The molecule has 1 aliphatic rings. The van der Waals surface area contributed by atoms with Crippen LogP contribution in [0.5, 0.6) is 0 Å². The first kappa shape index (κ1) is 15.5. The summed E-state index contributed by atoms with van der Waals surface area (Å²) in [5.74, 6) is 0.0221. The number of nitrogens with zero attached hydrogens (tertiary/aromatic N) is 1. The van der Waals surface area contributed by atoms with Crippen LogP contribution in [0.25, 0.3) is 0 Å². The Bertz CT molecular complexity index is 657. The number of likely N-dealkylation sites (tertiary alicyclic amines) is 1. The van der Waals surface area contributed by atoms with Gasteiger partial charge in [0.1, 0.15) is 0 Å². The number of amides is 1. The molecule has 1 N–H and O–H groups in total. The molecule has 2 aromatic rings. The monoisotopic (exact) mass is 334 g/mol. The van der Waals surface area contributed by atoms with E-state index < -0.39 is 0 Å². The average molecular weight is 335 g/mol. The van der Waals surface area contributed by atoms with Gasteiger partial charge < -0.3 is 5.32 Å². The molecule has 0 spiro atoms. The van der Waals surface area contributed by atoms with Crippen LogP contribution in [0.4, 0.5) is 5.69 Å². The number of hydrogen-bond donors (Lipinski definition) is 1. The topological polar surface area (TPSA) is 32.3 Å². The van der Waals surface area contributed by atoms with Gasteiger partial charge in [-0.25, -0.2) is 0 Å². The zero-order valence-corrected chi connectivity index (χ0v) is 14.1. The fourth-order valence-corrected chi connectivity index (χ4v) is 4.01.